The van der Waals surface area contributed by atoms with Crippen LogP contribution in [0.25, 0.3) is 22.3 Å². The molecular weight excluding hydrogens is 544 g/mol. The Kier molecular flexibility index (Phi) is 7.09. The number of benzene rings is 3. The molecule has 3 aromatic heterocycles. The molecule has 0 aliphatic heterocycles. The zero-order chi connectivity index (χ0) is 29.2. The lowest BCUT2D eigenvalue weighted by Gasteiger charge is -2.12. The fourth-order valence-electron chi connectivity index (χ4n) is 4.68. The molecule has 3 heterocycles. The van der Waals surface area contributed by atoms with Gasteiger partial charge in [-0.15, -0.1) is 5.10 Å². The monoisotopic (exact) mass is 569 g/mol. The van der Waals surface area contributed by atoms with Crippen molar-refractivity contribution in [3.8, 4) is 28.8 Å². The first kappa shape index (κ1) is 26.7. The van der Waals surface area contributed by atoms with E-state index in [1.807, 2.05) is 30.3 Å². The summed E-state index contributed by atoms with van der Waals surface area (Å²) in [7, 11) is 3.11. The molecule has 0 spiro atoms. The number of rotatable bonds is 9. The number of nitrogens with one attached hydrogen (secondary N) is 1. The molecule has 0 radical (unpaired) electrons. The van der Waals surface area contributed by atoms with Crippen LogP contribution in [0.15, 0.2) is 79.3 Å². The number of aromatic nitrogens is 6. The number of fused-ring (bicyclic) bond motifs is 1. The lowest BCUT2D eigenvalue weighted by Crippen LogP contribution is -2.02. The smallest absolute Gasteiger partial charge is 0.204 e. The van der Waals surface area contributed by atoms with Gasteiger partial charge >= 0.3 is 0 Å². The Morgan fingerprint density at radius 3 is 2.40 bits per heavy atom. The number of methoxy groups -OCH3 is 2. The largest absolute Gasteiger partial charge is 0.497 e. The summed E-state index contributed by atoms with van der Waals surface area (Å²) in [5, 5.41) is 22.6. The summed E-state index contributed by atoms with van der Waals surface area (Å²) in [4.78, 5) is 8.91. The number of hydrogen-bond donors (Lipinski definition) is 2. The molecule has 0 bridgehead atoms. The van der Waals surface area contributed by atoms with Crippen molar-refractivity contribution in [1.29, 1.82) is 0 Å². The highest BCUT2D eigenvalue weighted by atomic mass is 19.1. The highest BCUT2D eigenvalue weighted by molar-refractivity contribution is 5.97. The number of hydrogen-bond acceptors (Lipinski definition) is 8. The molecule has 0 fully saturated rings. The van der Waals surface area contributed by atoms with E-state index in [4.69, 9.17) is 9.47 Å². The van der Waals surface area contributed by atoms with Crippen molar-refractivity contribution in [2.45, 2.75) is 13.1 Å². The lowest BCUT2D eigenvalue weighted by molar-refractivity contribution is 0.387. The van der Waals surface area contributed by atoms with Gasteiger partial charge < -0.3 is 24.5 Å². The Balaban J connectivity index is 1.42. The van der Waals surface area contributed by atoms with E-state index in [9.17, 15) is 13.9 Å². The first-order chi connectivity index (χ1) is 20.4. The maximum absolute atomic E-state index is 14.8. The van der Waals surface area contributed by atoms with E-state index < -0.39 is 11.6 Å². The van der Waals surface area contributed by atoms with E-state index in [1.165, 1.54) is 6.07 Å². The molecule has 0 atom stereocenters. The van der Waals surface area contributed by atoms with Gasteiger partial charge in [0.15, 0.2) is 5.82 Å². The fourth-order valence-corrected chi connectivity index (χ4v) is 4.68. The minimum Gasteiger partial charge on any atom is -0.497 e. The maximum atomic E-state index is 14.8. The van der Waals surface area contributed by atoms with E-state index >= 15 is 0 Å². The molecule has 212 valence electrons. The molecule has 0 aliphatic carbocycles. The third-order valence-electron chi connectivity index (χ3n) is 6.77. The molecule has 3 aromatic carbocycles. The second-order valence-electron chi connectivity index (χ2n) is 9.43. The highest BCUT2D eigenvalue weighted by Gasteiger charge is 2.22. The number of aromatic hydroxyl groups is 1. The van der Waals surface area contributed by atoms with Crippen molar-refractivity contribution in [1.82, 2.24) is 29.5 Å². The standard InChI is InChI=1S/C30H25F2N7O3/c1-41-21-11-8-19(25(14-21)42-2)16-38-17-24-27(30(38)40)29(36-28(35-24)26-22(31)4-3-5-23(26)32)34-20-9-6-18(7-10-20)15-39-13-12-33-37-39/h3-14,17,40H,15-16H2,1-2H3,(H,34,35,36). The summed E-state index contributed by atoms with van der Waals surface area (Å²) in [6, 6.07) is 16.4. The molecule has 42 heavy (non-hydrogen) atoms. The van der Waals surface area contributed by atoms with E-state index in [1.54, 1.807) is 54.2 Å². The van der Waals surface area contributed by atoms with Crippen molar-refractivity contribution < 1.29 is 23.4 Å². The van der Waals surface area contributed by atoms with Crippen molar-refractivity contribution in [3.05, 3.63) is 102 Å². The fraction of sp³-hybridized carbons (Fsp3) is 0.133. The SMILES string of the molecule is COc1ccc(Cn2cc3nc(-c4c(F)cccc4F)nc(Nc4ccc(Cn5ccnn5)cc4)c3c2O)c(OC)c1. The summed E-state index contributed by atoms with van der Waals surface area (Å²) >= 11 is 0. The van der Waals surface area contributed by atoms with Crippen molar-refractivity contribution >= 4 is 22.4 Å². The number of ether oxygens (including phenoxy) is 2. The van der Waals surface area contributed by atoms with Crippen molar-refractivity contribution in [3.63, 3.8) is 0 Å². The highest BCUT2D eigenvalue weighted by Crippen LogP contribution is 2.37. The summed E-state index contributed by atoms with van der Waals surface area (Å²) in [6.07, 6.45) is 4.97. The van der Waals surface area contributed by atoms with Gasteiger partial charge in [-0.2, -0.15) is 0 Å². The lowest BCUT2D eigenvalue weighted by atomic mass is 10.1. The minimum atomic E-state index is -0.801. The molecule has 0 unspecified atom stereocenters. The summed E-state index contributed by atoms with van der Waals surface area (Å²) < 4.78 is 43.6. The van der Waals surface area contributed by atoms with Gasteiger partial charge in [-0.1, -0.05) is 23.4 Å². The third kappa shape index (κ3) is 5.17. The quantitative estimate of drug-likeness (QED) is 0.234. The predicted molar refractivity (Wildman–Crippen MR) is 152 cm³/mol. The first-order valence-electron chi connectivity index (χ1n) is 12.9. The molecule has 2 N–H and O–H groups in total. The van der Waals surface area contributed by atoms with Crippen LogP contribution in [-0.4, -0.2) is 48.9 Å². The minimum absolute atomic E-state index is 0.131. The van der Waals surface area contributed by atoms with E-state index in [-0.39, 0.29) is 40.5 Å². The normalized spacial score (nSPS) is 11.1. The van der Waals surface area contributed by atoms with E-state index in [0.29, 0.717) is 23.7 Å². The predicted octanol–water partition coefficient (Wildman–Crippen LogP) is 5.53. The van der Waals surface area contributed by atoms with Crippen LogP contribution in [0.2, 0.25) is 0 Å². The molecule has 0 saturated carbocycles. The Hall–Kier alpha value is -5.52. The van der Waals surface area contributed by atoms with Crippen LogP contribution in [0.1, 0.15) is 11.1 Å². The summed E-state index contributed by atoms with van der Waals surface area (Å²) in [5.41, 5.74) is 2.31. The molecule has 0 saturated heterocycles. The average molecular weight is 570 g/mol. The Labute approximate surface area is 238 Å². The molecule has 0 amide bonds. The zero-order valence-corrected chi connectivity index (χ0v) is 22.6. The van der Waals surface area contributed by atoms with Gasteiger partial charge in [0, 0.05) is 29.7 Å². The Morgan fingerprint density at radius 2 is 1.71 bits per heavy atom. The van der Waals surface area contributed by atoms with Crippen LogP contribution in [0.4, 0.5) is 20.3 Å². The number of halogens is 2. The van der Waals surface area contributed by atoms with Gasteiger partial charge in [0.25, 0.3) is 0 Å². The van der Waals surface area contributed by atoms with Gasteiger partial charge in [0.1, 0.15) is 34.3 Å². The second kappa shape index (κ2) is 11.2. The third-order valence-corrected chi connectivity index (χ3v) is 6.77. The van der Waals surface area contributed by atoms with Gasteiger partial charge in [-0.25, -0.2) is 23.4 Å². The molecule has 0 aliphatic rings. The Morgan fingerprint density at radius 1 is 0.929 bits per heavy atom. The van der Waals surface area contributed by atoms with Gasteiger partial charge in [0.05, 0.1) is 44.6 Å². The molecule has 12 heteroatoms. The Bertz CT molecular complexity index is 1850. The van der Waals surface area contributed by atoms with E-state index in [2.05, 4.69) is 25.6 Å². The van der Waals surface area contributed by atoms with Crippen LogP contribution in [0.3, 0.4) is 0 Å². The topological polar surface area (TPSA) is 112 Å². The van der Waals surface area contributed by atoms with Crippen LogP contribution in [-0.2, 0) is 13.1 Å². The molecule has 6 rings (SSSR count). The summed E-state index contributed by atoms with van der Waals surface area (Å²) in [6.45, 7) is 0.752. The van der Waals surface area contributed by atoms with Crippen LogP contribution in [0, 0.1) is 11.6 Å². The first-order valence-corrected chi connectivity index (χ1v) is 12.9. The van der Waals surface area contributed by atoms with Crippen LogP contribution < -0.4 is 14.8 Å². The molecule has 10 nitrogen and oxygen atoms in total. The van der Waals surface area contributed by atoms with Gasteiger partial charge in [0.2, 0.25) is 5.88 Å². The van der Waals surface area contributed by atoms with Crippen molar-refractivity contribution in [2.75, 3.05) is 19.5 Å². The number of nitrogens with zero attached hydrogens (tertiary/aromatic N) is 6. The molecule has 6 aromatic rings. The number of anilines is 2. The van der Waals surface area contributed by atoms with Gasteiger partial charge in [-0.05, 0) is 42.0 Å². The van der Waals surface area contributed by atoms with Crippen molar-refractivity contribution in [2.24, 2.45) is 0 Å². The van der Waals surface area contributed by atoms with Gasteiger partial charge in [-0.3, -0.25) is 0 Å². The van der Waals surface area contributed by atoms with E-state index in [0.717, 1.165) is 23.3 Å². The maximum Gasteiger partial charge on any atom is 0.204 e. The van der Waals surface area contributed by atoms with Crippen LogP contribution >= 0.6 is 0 Å². The van der Waals surface area contributed by atoms with Crippen LogP contribution in [0.5, 0.6) is 17.4 Å². The molecular formula is C30H25F2N7O3. The zero-order valence-electron chi connectivity index (χ0n) is 22.6. The second-order valence-corrected chi connectivity index (χ2v) is 9.43. The average Bonchev–Trinajstić information content (AvgIpc) is 3.61. The summed E-state index contributed by atoms with van der Waals surface area (Å²) in [5.74, 6) is -0.528.